The molecule has 1 saturated carbocycles. The monoisotopic (exact) mass is 337 g/mol. The Morgan fingerprint density at radius 3 is 2.61 bits per heavy atom. The van der Waals surface area contributed by atoms with Crippen molar-refractivity contribution in [2.75, 3.05) is 0 Å². The number of hydrogen-bond donors (Lipinski definition) is 1. The Kier molecular flexibility index (Phi) is 4.31. The molecule has 0 aromatic carbocycles. The van der Waals surface area contributed by atoms with Gasteiger partial charge in [0.2, 0.25) is 0 Å². The van der Waals surface area contributed by atoms with E-state index in [0.717, 1.165) is 0 Å². The first-order valence-electron chi connectivity index (χ1n) is 7.50. The van der Waals surface area contributed by atoms with Gasteiger partial charge in [0.05, 0.1) is 12.4 Å². The van der Waals surface area contributed by atoms with Gasteiger partial charge in [-0.1, -0.05) is 0 Å². The van der Waals surface area contributed by atoms with Crippen molar-refractivity contribution in [1.82, 2.24) is 24.1 Å². The van der Waals surface area contributed by atoms with Crippen molar-refractivity contribution in [2.45, 2.75) is 42.8 Å². The van der Waals surface area contributed by atoms with Crippen LogP contribution < -0.4 is 10.3 Å². The first kappa shape index (κ1) is 15.9. The van der Waals surface area contributed by atoms with Gasteiger partial charge >= 0.3 is 0 Å². The fraction of sp³-hybridized carbons (Fsp3) is 0.500. The zero-order chi connectivity index (χ0) is 16.4. The van der Waals surface area contributed by atoms with Gasteiger partial charge in [-0.2, -0.15) is 5.10 Å². The normalized spacial score (nSPS) is 22.1. The lowest BCUT2D eigenvalue weighted by atomic mass is 9.92. The molecule has 2 aromatic heterocycles. The zero-order valence-electron chi connectivity index (χ0n) is 12.8. The molecule has 8 nitrogen and oxygen atoms in total. The topological polar surface area (TPSA) is 98.9 Å². The number of hydrogen-bond acceptors (Lipinski definition) is 5. The molecule has 3 rings (SSSR count). The van der Waals surface area contributed by atoms with Gasteiger partial charge in [0.15, 0.2) is 5.03 Å². The summed E-state index contributed by atoms with van der Waals surface area (Å²) < 4.78 is 30.3. The van der Waals surface area contributed by atoms with E-state index in [1.165, 1.54) is 23.3 Å². The molecule has 0 radical (unpaired) electrons. The largest absolute Gasteiger partial charge is 0.339 e. The van der Waals surface area contributed by atoms with Gasteiger partial charge in [0, 0.05) is 31.5 Å². The SMILES string of the molecule is Cn1cnc(S(=O)(=O)NC2CCC(n3ncccc3=O)CC2)c1. The summed E-state index contributed by atoms with van der Waals surface area (Å²) in [5.74, 6) is 0. The van der Waals surface area contributed by atoms with Crippen molar-refractivity contribution in [2.24, 2.45) is 7.05 Å². The second kappa shape index (κ2) is 6.25. The van der Waals surface area contributed by atoms with Crippen LogP contribution in [0.2, 0.25) is 0 Å². The molecule has 0 saturated heterocycles. The van der Waals surface area contributed by atoms with Crippen LogP contribution in [0.4, 0.5) is 0 Å². The Hall–Kier alpha value is -2.00. The lowest BCUT2D eigenvalue weighted by Crippen LogP contribution is -2.39. The molecule has 0 atom stereocenters. The van der Waals surface area contributed by atoms with Gasteiger partial charge in [0.1, 0.15) is 0 Å². The summed E-state index contributed by atoms with van der Waals surface area (Å²) in [7, 11) is -1.87. The number of aromatic nitrogens is 4. The highest BCUT2D eigenvalue weighted by atomic mass is 32.2. The third-order valence-electron chi connectivity index (χ3n) is 4.06. The Morgan fingerprint density at radius 1 is 1.26 bits per heavy atom. The van der Waals surface area contributed by atoms with Gasteiger partial charge in [-0.25, -0.2) is 22.8 Å². The summed E-state index contributed by atoms with van der Waals surface area (Å²) in [6.45, 7) is 0. The standard InChI is InChI=1S/C14H19N5O3S/c1-18-9-13(15-10-18)23(21,22)17-11-4-6-12(7-5-11)19-14(20)3-2-8-16-19/h2-3,8-12,17H,4-7H2,1H3. The summed E-state index contributed by atoms with van der Waals surface area (Å²) in [6, 6.07) is 2.99. The van der Waals surface area contributed by atoms with E-state index in [9.17, 15) is 13.2 Å². The van der Waals surface area contributed by atoms with Gasteiger partial charge in [0.25, 0.3) is 15.6 Å². The Labute approximate surface area is 134 Å². The van der Waals surface area contributed by atoms with Crippen LogP contribution in [-0.2, 0) is 17.1 Å². The minimum absolute atomic E-state index is 0.0271. The maximum atomic E-state index is 12.3. The highest BCUT2D eigenvalue weighted by Crippen LogP contribution is 2.27. The van der Waals surface area contributed by atoms with Crippen LogP contribution >= 0.6 is 0 Å². The maximum Gasteiger partial charge on any atom is 0.266 e. The average Bonchev–Trinajstić information content (AvgIpc) is 2.96. The molecule has 0 spiro atoms. The fourth-order valence-corrected chi connectivity index (χ4v) is 4.18. The maximum absolute atomic E-state index is 12.3. The van der Waals surface area contributed by atoms with Gasteiger partial charge < -0.3 is 4.57 Å². The Bertz CT molecular complexity index is 834. The van der Waals surface area contributed by atoms with E-state index in [1.807, 2.05) is 0 Å². The second-order valence-corrected chi connectivity index (χ2v) is 7.47. The average molecular weight is 337 g/mol. The number of imidazole rings is 1. The van der Waals surface area contributed by atoms with E-state index in [0.29, 0.717) is 25.7 Å². The van der Waals surface area contributed by atoms with Crippen molar-refractivity contribution >= 4 is 10.0 Å². The van der Waals surface area contributed by atoms with Crippen LogP contribution in [0.3, 0.4) is 0 Å². The second-order valence-electron chi connectivity index (χ2n) is 5.81. The molecule has 0 bridgehead atoms. The summed E-state index contributed by atoms with van der Waals surface area (Å²) in [5.41, 5.74) is -0.120. The van der Waals surface area contributed by atoms with E-state index in [4.69, 9.17) is 0 Å². The summed E-state index contributed by atoms with van der Waals surface area (Å²) >= 11 is 0. The predicted octanol–water partition coefficient (Wildman–Crippen LogP) is 0.439. The van der Waals surface area contributed by atoms with Crippen LogP contribution in [0.15, 0.2) is 40.7 Å². The van der Waals surface area contributed by atoms with Crippen LogP contribution in [-0.4, -0.2) is 33.8 Å². The van der Waals surface area contributed by atoms with E-state index < -0.39 is 10.0 Å². The third-order valence-corrected chi connectivity index (χ3v) is 5.47. The van der Waals surface area contributed by atoms with E-state index in [-0.39, 0.29) is 22.7 Å². The van der Waals surface area contributed by atoms with Crippen LogP contribution in [0.1, 0.15) is 31.7 Å². The van der Waals surface area contributed by atoms with E-state index in [2.05, 4.69) is 14.8 Å². The zero-order valence-corrected chi connectivity index (χ0v) is 13.6. The molecule has 0 unspecified atom stereocenters. The molecule has 2 aromatic rings. The lowest BCUT2D eigenvalue weighted by Gasteiger charge is -2.28. The predicted molar refractivity (Wildman–Crippen MR) is 83.3 cm³/mol. The van der Waals surface area contributed by atoms with Crippen LogP contribution in [0, 0.1) is 0 Å². The molecule has 1 fully saturated rings. The van der Waals surface area contributed by atoms with E-state index in [1.54, 1.807) is 23.9 Å². The highest BCUT2D eigenvalue weighted by molar-refractivity contribution is 7.89. The molecule has 0 aliphatic heterocycles. The van der Waals surface area contributed by atoms with Crippen molar-refractivity contribution < 1.29 is 8.42 Å². The summed E-state index contributed by atoms with van der Waals surface area (Å²) in [4.78, 5) is 15.7. The quantitative estimate of drug-likeness (QED) is 0.873. The first-order valence-corrected chi connectivity index (χ1v) is 8.98. The molecule has 2 heterocycles. The van der Waals surface area contributed by atoms with Crippen molar-refractivity contribution in [3.05, 3.63) is 41.2 Å². The van der Waals surface area contributed by atoms with Crippen LogP contribution in [0.25, 0.3) is 0 Å². The Balaban J connectivity index is 1.63. The minimum atomic E-state index is -3.60. The molecule has 1 aliphatic carbocycles. The van der Waals surface area contributed by atoms with Crippen LogP contribution in [0.5, 0.6) is 0 Å². The molecule has 124 valence electrons. The number of aryl methyl sites for hydroxylation is 1. The Morgan fingerprint density at radius 2 is 2.00 bits per heavy atom. The number of sulfonamides is 1. The molecule has 1 aliphatic rings. The molecular weight excluding hydrogens is 318 g/mol. The highest BCUT2D eigenvalue weighted by Gasteiger charge is 2.28. The summed E-state index contributed by atoms with van der Waals surface area (Å²) in [5, 5.41) is 4.14. The smallest absolute Gasteiger partial charge is 0.266 e. The van der Waals surface area contributed by atoms with Crippen molar-refractivity contribution in [3.63, 3.8) is 0 Å². The molecule has 23 heavy (non-hydrogen) atoms. The molecule has 0 amide bonds. The van der Waals surface area contributed by atoms with Gasteiger partial charge in [-0.15, -0.1) is 0 Å². The van der Waals surface area contributed by atoms with Gasteiger partial charge in [-0.05, 0) is 31.7 Å². The van der Waals surface area contributed by atoms with Gasteiger partial charge in [-0.3, -0.25) is 4.79 Å². The number of nitrogens with one attached hydrogen (secondary N) is 1. The lowest BCUT2D eigenvalue weighted by molar-refractivity contribution is 0.285. The third kappa shape index (κ3) is 3.50. The van der Waals surface area contributed by atoms with E-state index >= 15 is 0 Å². The molecule has 9 heteroatoms. The first-order chi connectivity index (χ1) is 11.0. The molecule has 1 N–H and O–H groups in total. The number of rotatable bonds is 4. The fourth-order valence-electron chi connectivity index (χ4n) is 2.89. The minimum Gasteiger partial charge on any atom is -0.339 e. The van der Waals surface area contributed by atoms with Crippen molar-refractivity contribution in [1.29, 1.82) is 0 Å². The number of nitrogens with zero attached hydrogens (tertiary/aromatic N) is 4. The van der Waals surface area contributed by atoms with Crippen molar-refractivity contribution in [3.8, 4) is 0 Å². The summed E-state index contributed by atoms with van der Waals surface area (Å²) in [6.07, 6.45) is 7.29. The molecular formula is C14H19N5O3S.